The van der Waals surface area contributed by atoms with Gasteiger partial charge in [0.2, 0.25) is 5.91 Å². The van der Waals surface area contributed by atoms with Gasteiger partial charge in [0.1, 0.15) is 6.04 Å². The van der Waals surface area contributed by atoms with E-state index in [2.05, 4.69) is 10.6 Å². The van der Waals surface area contributed by atoms with Crippen LogP contribution in [0.5, 0.6) is 0 Å². The third kappa shape index (κ3) is 5.33. The van der Waals surface area contributed by atoms with Gasteiger partial charge in [-0.2, -0.15) is 0 Å². The number of halogens is 1. The molecule has 0 fully saturated rings. The lowest BCUT2D eigenvalue weighted by Crippen LogP contribution is -2.50. The molecule has 0 radical (unpaired) electrons. The molecule has 0 aliphatic carbocycles. The number of amides is 2. The summed E-state index contributed by atoms with van der Waals surface area (Å²) in [6.07, 6.45) is 0.777. The van der Waals surface area contributed by atoms with E-state index >= 15 is 0 Å². The van der Waals surface area contributed by atoms with Gasteiger partial charge < -0.3 is 10.6 Å². The molecule has 2 atom stereocenters. The first kappa shape index (κ1) is 19.0. The summed E-state index contributed by atoms with van der Waals surface area (Å²) >= 11 is 6.12. The molecule has 2 N–H and O–H groups in total. The highest BCUT2D eigenvalue weighted by molar-refractivity contribution is 6.31. The highest BCUT2D eigenvalue weighted by atomic mass is 35.5. The predicted octanol–water partition coefficient (Wildman–Crippen LogP) is 3.80. The number of rotatable bonds is 7. The summed E-state index contributed by atoms with van der Waals surface area (Å²) in [6.45, 7) is 4.27. The quantitative estimate of drug-likeness (QED) is 0.790. The van der Waals surface area contributed by atoms with Crippen LogP contribution < -0.4 is 10.6 Å². The Morgan fingerprint density at radius 3 is 2.32 bits per heavy atom. The molecule has 5 heteroatoms. The fraction of sp³-hybridized carbons (Fsp3) is 0.300. The third-order valence-corrected chi connectivity index (χ3v) is 4.60. The van der Waals surface area contributed by atoms with Crippen LogP contribution >= 0.6 is 11.6 Å². The molecule has 4 nitrogen and oxygen atoms in total. The second-order valence-electron chi connectivity index (χ2n) is 6.01. The lowest BCUT2D eigenvalue weighted by atomic mass is 9.97. The number of benzene rings is 2. The van der Waals surface area contributed by atoms with Crippen LogP contribution in [0.3, 0.4) is 0 Å². The fourth-order valence-electron chi connectivity index (χ4n) is 2.45. The predicted molar refractivity (Wildman–Crippen MR) is 100 cm³/mol. The van der Waals surface area contributed by atoms with E-state index < -0.39 is 6.04 Å². The third-order valence-electron chi connectivity index (χ3n) is 4.23. The monoisotopic (exact) mass is 358 g/mol. The molecule has 2 amide bonds. The van der Waals surface area contributed by atoms with E-state index in [4.69, 9.17) is 11.6 Å². The van der Waals surface area contributed by atoms with Crippen molar-refractivity contribution in [1.29, 1.82) is 0 Å². The molecular formula is C20H23ClN2O2. The summed E-state index contributed by atoms with van der Waals surface area (Å²) in [5.74, 6) is -0.448. The molecule has 0 saturated heterocycles. The highest BCUT2D eigenvalue weighted by Gasteiger charge is 2.26. The van der Waals surface area contributed by atoms with Gasteiger partial charge in [-0.15, -0.1) is 0 Å². The van der Waals surface area contributed by atoms with Gasteiger partial charge >= 0.3 is 0 Å². The maximum Gasteiger partial charge on any atom is 0.251 e. The van der Waals surface area contributed by atoms with Gasteiger partial charge in [0, 0.05) is 17.1 Å². The number of nitrogens with one attached hydrogen (secondary N) is 2. The van der Waals surface area contributed by atoms with Gasteiger partial charge in [-0.1, -0.05) is 68.3 Å². The van der Waals surface area contributed by atoms with Crippen molar-refractivity contribution < 1.29 is 9.59 Å². The normalized spacial score (nSPS) is 12.9. The minimum absolute atomic E-state index is 0.0129. The van der Waals surface area contributed by atoms with Crippen molar-refractivity contribution in [3.05, 3.63) is 70.7 Å². The Labute approximate surface area is 153 Å². The minimum Gasteiger partial charge on any atom is -0.350 e. The first-order valence-corrected chi connectivity index (χ1v) is 8.77. The summed E-state index contributed by atoms with van der Waals surface area (Å²) in [6, 6.07) is 15.7. The highest BCUT2D eigenvalue weighted by Crippen LogP contribution is 2.15. The zero-order valence-corrected chi connectivity index (χ0v) is 15.2. The molecule has 2 unspecified atom stereocenters. The molecule has 0 heterocycles. The Morgan fingerprint density at radius 2 is 1.68 bits per heavy atom. The van der Waals surface area contributed by atoms with Gasteiger partial charge in [-0.05, 0) is 29.7 Å². The second-order valence-corrected chi connectivity index (χ2v) is 6.42. The van der Waals surface area contributed by atoms with E-state index in [0.29, 0.717) is 17.1 Å². The van der Waals surface area contributed by atoms with E-state index in [1.54, 1.807) is 30.3 Å². The molecule has 0 aromatic heterocycles. The molecular weight excluding hydrogens is 336 g/mol. The van der Waals surface area contributed by atoms with Crippen LogP contribution in [-0.2, 0) is 11.3 Å². The largest absolute Gasteiger partial charge is 0.350 e. The zero-order valence-electron chi connectivity index (χ0n) is 14.5. The van der Waals surface area contributed by atoms with Crippen molar-refractivity contribution in [3.8, 4) is 0 Å². The Morgan fingerprint density at radius 1 is 1.04 bits per heavy atom. The average molecular weight is 359 g/mol. The molecule has 25 heavy (non-hydrogen) atoms. The molecule has 2 rings (SSSR count). The van der Waals surface area contributed by atoms with E-state index in [-0.39, 0.29) is 17.7 Å². The van der Waals surface area contributed by atoms with E-state index in [1.807, 2.05) is 38.1 Å². The lowest BCUT2D eigenvalue weighted by Gasteiger charge is -2.23. The fourth-order valence-corrected chi connectivity index (χ4v) is 2.65. The van der Waals surface area contributed by atoms with Crippen molar-refractivity contribution in [3.63, 3.8) is 0 Å². The van der Waals surface area contributed by atoms with Crippen molar-refractivity contribution in [2.75, 3.05) is 0 Å². The number of hydrogen-bond acceptors (Lipinski definition) is 2. The second kappa shape index (κ2) is 9.23. The summed E-state index contributed by atoms with van der Waals surface area (Å²) in [5.41, 5.74) is 1.38. The maximum atomic E-state index is 12.6. The Hall–Kier alpha value is -2.33. The molecule has 0 saturated carbocycles. The first-order valence-electron chi connectivity index (χ1n) is 8.40. The van der Waals surface area contributed by atoms with E-state index in [0.717, 1.165) is 12.0 Å². The molecule has 0 aliphatic rings. The molecule has 132 valence electrons. The van der Waals surface area contributed by atoms with Gasteiger partial charge in [0.15, 0.2) is 0 Å². The zero-order chi connectivity index (χ0) is 18.2. The molecule has 2 aromatic rings. The van der Waals surface area contributed by atoms with Crippen LogP contribution in [0.15, 0.2) is 54.6 Å². The molecule has 0 spiro atoms. The summed E-state index contributed by atoms with van der Waals surface area (Å²) in [7, 11) is 0. The lowest BCUT2D eigenvalue weighted by molar-refractivity contribution is -0.124. The van der Waals surface area contributed by atoms with Crippen molar-refractivity contribution in [2.24, 2.45) is 5.92 Å². The smallest absolute Gasteiger partial charge is 0.251 e. The van der Waals surface area contributed by atoms with Crippen molar-refractivity contribution >= 4 is 23.4 Å². The molecule has 0 aliphatic heterocycles. The Bertz CT molecular complexity index is 719. The SMILES string of the molecule is CCC(C)C(NC(=O)c1ccccc1)C(=O)NCc1ccccc1Cl. The van der Waals surface area contributed by atoms with Crippen molar-refractivity contribution in [2.45, 2.75) is 32.9 Å². The standard InChI is InChI=1S/C20H23ClN2O2/c1-3-14(2)18(23-19(24)15-9-5-4-6-10-15)20(25)22-13-16-11-7-8-12-17(16)21/h4-12,14,18H,3,13H2,1-2H3,(H,22,25)(H,23,24). The van der Waals surface area contributed by atoms with Crippen molar-refractivity contribution in [1.82, 2.24) is 10.6 Å². The Kier molecular flexibility index (Phi) is 7.02. The van der Waals surface area contributed by atoms with E-state index in [1.165, 1.54) is 0 Å². The molecule has 0 bridgehead atoms. The Balaban J connectivity index is 2.05. The number of carbonyl (C=O) groups excluding carboxylic acids is 2. The van der Waals surface area contributed by atoms with Crippen LogP contribution in [0.25, 0.3) is 0 Å². The average Bonchev–Trinajstić information content (AvgIpc) is 2.65. The van der Waals surface area contributed by atoms with Gasteiger partial charge in [0.05, 0.1) is 0 Å². The number of hydrogen-bond donors (Lipinski definition) is 2. The number of carbonyl (C=O) groups is 2. The van der Waals surface area contributed by atoms with Crippen LogP contribution in [0.2, 0.25) is 5.02 Å². The summed E-state index contributed by atoms with van der Waals surface area (Å²) in [5, 5.41) is 6.33. The van der Waals surface area contributed by atoms with Crippen LogP contribution in [0.1, 0.15) is 36.2 Å². The van der Waals surface area contributed by atoms with Crippen LogP contribution in [-0.4, -0.2) is 17.9 Å². The summed E-state index contributed by atoms with van der Waals surface area (Å²) in [4.78, 5) is 25.0. The minimum atomic E-state index is -0.597. The van der Waals surface area contributed by atoms with Gasteiger partial charge in [0.25, 0.3) is 5.91 Å². The van der Waals surface area contributed by atoms with Crippen LogP contribution in [0, 0.1) is 5.92 Å². The van der Waals surface area contributed by atoms with Gasteiger partial charge in [-0.25, -0.2) is 0 Å². The molecule has 2 aromatic carbocycles. The van der Waals surface area contributed by atoms with Crippen LogP contribution in [0.4, 0.5) is 0 Å². The first-order chi connectivity index (χ1) is 12.0. The summed E-state index contributed by atoms with van der Waals surface area (Å²) < 4.78 is 0. The maximum absolute atomic E-state index is 12.6. The van der Waals surface area contributed by atoms with Gasteiger partial charge in [-0.3, -0.25) is 9.59 Å². The van der Waals surface area contributed by atoms with E-state index in [9.17, 15) is 9.59 Å². The topological polar surface area (TPSA) is 58.2 Å².